The number of carbonyl (C=O) groups is 2. The van der Waals surface area contributed by atoms with Gasteiger partial charge in [0, 0.05) is 11.6 Å². The second kappa shape index (κ2) is 8.97. The van der Waals surface area contributed by atoms with Gasteiger partial charge in [-0.15, -0.1) is 0 Å². The zero-order valence-electron chi connectivity index (χ0n) is 15.9. The van der Waals surface area contributed by atoms with Crippen LogP contribution in [0.2, 0.25) is 0 Å². The molecule has 2 aromatic rings. The molecule has 0 spiro atoms. The smallest absolute Gasteiger partial charge is 0.285 e. The number of thioether (sulfide) groups is 1. The van der Waals surface area contributed by atoms with Gasteiger partial charge in [0.2, 0.25) is 0 Å². The zero-order chi connectivity index (χ0) is 21.0. The van der Waals surface area contributed by atoms with E-state index in [4.69, 9.17) is 26.4 Å². The third-order valence-electron chi connectivity index (χ3n) is 4.09. The Morgan fingerprint density at radius 3 is 2.48 bits per heavy atom. The van der Waals surface area contributed by atoms with Crippen molar-refractivity contribution in [2.45, 2.75) is 0 Å². The number of benzene rings is 2. The molecule has 3 rings (SSSR count). The summed E-state index contributed by atoms with van der Waals surface area (Å²) in [5.41, 5.74) is 3.52. The van der Waals surface area contributed by atoms with Crippen LogP contribution in [0.3, 0.4) is 0 Å². The van der Waals surface area contributed by atoms with Crippen LogP contribution in [0.25, 0.3) is 6.08 Å². The number of nitrogens with one attached hydrogen (secondary N) is 1. The van der Waals surface area contributed by atoms with Gasteiger partial charge in [-0.2, -0.15) is 5.01 Å². The first-order valence-corrected chi connectivity index (χ1v) is 9.65. The molecule has 1 N–H and O–H groups in total. The summed E-state index contributed by atoms with van der Waals surface area (Å²) >= 11 is 6.36. The summed E-state index contributed by atoms with van der Waals surface area (Å²) in [7, 11) is 4.56. The molecule has 0 aromatic heterocycles. The first-order valence-electron chi connectivity index (χ1n) is 8.42. The average molecular weight is 431 g/mol. The number of amides is 2. The van der Waals surface area contributed by atoms with Crippen molar-refractivity contribution in [2.24, 2.45) is 0 Å². The highest BCUT2D eigenvalue weighted by atomic mass is 32.2. The van der Waals surface area contributed by atoms with Crippen molar-refractivity contribution in [2.75, 3.05) is 21.3 Å². The Balaban J connectivity index is 1.83. The Bertz CT molecular complexity index is 1010. The van der Waals surface area contributed by atoms with E-state index in [0.717, 1.165) is 16.8 Å². The lowest BCUT2D eigenvalue weighted by molar-refractivity contribution is -0.123. The third kappa shape index (κ3) is 4.36. The van der Waals surface area contributed by atoms with Crippen LogP contribution in [0.15, 0.2) is 47.4 Å². The quantitative estimate of drug-likeness (QED) is 0.557. The first-order chi connectivity index (χ1) is 14.0. The highest BCUT2D eigenvalue weighted by molar-refractivity contribution is 8.26. The number of thiocarbonyl (C=S) groups is 1. The molecular formula is C20H18N2O5S2. The van der Waals surface area contributed by atoms with E-state index in [2.05, 4.69) is 5.43 Å². The van der Waals surface area contributed by atoms with Crippen LogP contribution in [-0.2, 0) is 4.79 Å². The predicted octanol–water partition coefficient (Wildman–Crippen LogP) is 3.26. The van der Waals surface area contributed by atoms with Crippen LogP contribution in [-0.4, -0.2) is 42.5 Å². The number of methoxy groups -OCH3 is 3. The van der Waals surface area contributed by atoms with Gasteiger partial charge >= 0.3 is 0 Å². The van der Waals surface area contributed by atoms with Crippen molar-refractivity contribution in [3.05, 3.63) is 58.5 Å². The van der Waals surface area contributed by atoms with Crippen LogP contribution in [0, 0.1) is 0 Å². The number of rotatable bonds is 6. The van der Waals surface area contributed by atoms with Gasteiger partial charge < -0.3 is 14.2 Å². The summed E-state index contributed by atoms with van der Waals surface area (Å²) in [6.07, 6.45) is 1.66. The SMILES string of the molecule is COc1ccc(/C=C2\SC(=S)N(NC(=O)c3ccccc3OC)C2=O)c(OC)c1. The molecule has 0 saturated carbocycles. The minimum atomic E-state index is -0.498. The molecule has 0 aliphatic carbocycles. The summed E-state index contributed by atoms with van der Waals surface area (Å²) in [6, 6.07) is 12.0. The Kier molecular flexibility index (Phi) is 6.40. The molecule has 29 heavy (non-hydrogen) atoms. The lowest BCUT2D eigenvalue weighted by Crippen LogP contribution is -2.44. The third-order valence-corrected chi connectivity index (χ3v) is 5.39. The molecule has 1 aliphatic heterocycles. The van der Waals surface area contributed by atoms with E-state index in [0.29, 0.717) is 33.3 Å². The fraction of sp³-hybridized carbons (Fsp3) is 0.150. The van der Waals surface area contributed by atoms with Gasteiger partial charge in [0.25, 0.3) is 11.8 Å². The summed E-state index contributed by atoms with van der Waals surface area (Å²) in [5, 5.41) is 1.05. The van der Waals surface area contributed by atoms with Gasteiger partial charge in [0.15, 0.2) is 4.32 Å². The molecule has 0 unspecified atom stereocenters. The monoisotopic (exact) mass is 430 g/mol. The number of para-hydroxylation sites is 1. The van der Waals surface area contributed by atoms with Crippen LogP contribution in [0.4, 0.5) is 0 Å². The normalized spacial score (nSPS) is 14.9. The second-order valence-corrected chi connectivity index (χ2v) is 7.44. The highest BCUT2D eigenvalue weighted by Gasteiger charge is 2.34. The second-order valence-electron chi connectivity index (χ2n) is 5.77. The van der Waals surface area contributed by atoms with Gasteiger partial charge in [0.05, 0.1) is 31.8 Å². The summed E-state index contributed by atoms with van der Waals surface area (Å²) in [6.45, 7) is 0. The van der Waals surface area contributed by atoms with Crippen LogP contribution in [0.5, 0.6) is 17.2 Å². The molecule has 0 atom stereocenters. The van der Waals surface area contributed by atoms with E-state index in [-0.39, 0.29) is 4.32 Å². The molecule has 1 fully saturated rings. The van der Waals surface area contributed by atoms with E-state index < -0.39 is 11.8 Å². The minimum absolute atomic E-state index is 0.219. The molecular weight excluding hydrogens is 412 g/mol. The number of hydrogen-bond acceptors (Lipinski definition) is 7. The lowest BCUT2D eigenvalue weighted by atomic mass is 10.1. The average Bonchev–Trinajstić information content (AvgIpc) is 3.01. The van der Waals surface area contributed by atoms with Crippen molar-refractivity contribution >= 4 is 46.2 Å². The zero-order valence-corrected chi connectivity index (χ0v) is 17.6. The fourth-order valence-electron chi connectivity index (χ4n) is 2.64. The van der Waals surface area contributed by atoms with Crippen molar-refractivity contribution in [3.8, 4) is 17.2 Å². The fourth-order valence-corrected chi connectivity index (χ4v) is 3.81. The maximum atomic E-state index is 12.8. The molecule has 0 radical (unpaired) electrons. The molecule has 9 heteroatoms. The molecule has 1 aliphatic rings. The molecule has 2 aromatic carbocycles. The highest BCUT2D eigenvalue weighted by Crippen LogP contribution is 2.34. The molecule has 0 bridgehead atoms. The molecule has 1 saturated heterocycles. The van der Waals surface area contributed by atoms with Gasteiger partial charge in [-0.3, -0.25) is 15.0 Å². The molecule has 2 amide bonds. The van der Waals surface area contributed by atoms with Crippen molar-refractivity contribution in [3.63, 3.8) is 0 Å². The Hall–Kier alpha value is -3.04. The standard InChI is InChI=1S/C20H18N2O5S2/c1-25-13-9-8-12(16(11-13)27-3)10-17-19(24)22(20(28)29-17)21-18(23)14-6-4-5-7-15(14)26-2/h4-11H,1-3H3,(H,21,23)/b17-10-. The van der Waals surface area contributed by atoms with Gasteiger partial charge in [-0.1, -0.05) is 23.9 Å². The maximum Gasteiger partial charge on any atom is 0.285 e. The largest absolute Gasteiger partial charge is 0.497 e. The van der Waals surface area contributed by atoms with Crippen LogP contribution in [0.1, 0.15) is 15.9 Å². The summed E-state index contributed by atoms with van der Waals surface area (Å²) in [5.74, 6) is 0.653. The van der Waals surface area contributed by atoms with Gasteiger partial charge in [-0.25, -0.2) is 0 Å². The van der Waals surface area contributed by atoms with Crippen molar-refractivity contribution in [1.82, 2.24) is 10.4 Å². The Labute approximate surface area is 177 Å². The van der Waals surface area contributed by atoms with Gasteiger partial charge in [-0.05, 0) is 42.6 Å². The van der Waals surface area contributed by atoms with E-state index >= 15 is 0 Å². The Morgan fingerprint density at radius 1 is 1.07 bits per heavy atom. The number of nitrogens with zero attached hydrogens (tertiary/aromatic N) is 1. The van der Waals surface area contributed by atoms with E-state index in [1.807, 2.05) is 0 Å². The number of carbonyl (C=O) groups excluding carboxylic acids is 2. The summed E-state index contributed by atoms with van der Waals surface area (Å²) < 4.78 is 16.0. The van der Waals surface area contributed by atoms with Crippen molar-refractivity contribution in [1.29, 1.82) is 0 Å². The van der Waals surface area contributed by atoms with Gasteiger partial charge in [0.1, 0.15) is 17.2 Å². The number of ether oxygens (including phenoxy) is 3. The molecule has 7 nitrogen and oxygen atoms in total. The number of hydrazine groups is 1. The van der Waals surface area contributed by atoms with Crippen LogP contribution >= 0.6 is 24.0 Å². The van der Waals surface area contributed by atoms with Crippen molar-refractivity contribution < 1.29 is 23.8 Å². The Morgan fingerprint density at radius 2 is 1.79 bits per heavy atom. The number of hydrogen-bond donors (Lipinski definition) is 1. The topological polar surface area (TPSA) is 77.1 Å². The van der Waals surface area contributed by atoms with Crippen LogP contribution < -0.4 is 19.6 Å². The van der Waals surface area contributed by atoms with E-state index in [9.17, 15) is 9.59 Å². The first kappa shape index (κ1) is 20.7. The van der Waals surface area contributed by atoms with E-state index in [1.54, 1.807) is 55.7 Å². The molecule has 1 heterocycles. The minimum Gasteiger partial charge on any atom is -0.497 e. The lowest BCUT2D eigenvalue weighted by Gasteiger charge is -2.16. The summed E-state index contributed by atoms with van der Waals surface area (Å²) in [4.78, 5) is 25.8. The molecule has 150 valence electrons. The predicted molar refractivity (Wildman–Crippen MR) is 115 cm³/mol. The van der Waals surface area contributed by atoms with E-state index in [1.165, 1.54) is 14.2 Å². The maximum absolute atomic E-state index is 12.8.